The normalized spacial score (nSPS) is 10.3. The Morgan fingerprint density at radius 2 is 2.22 bits per heavy atom. The summed E-state index contributed by atoms with van der Waals surface area (Å²) in [5.74, 6) is -0.856. The number of aliphatic carboxylic acids is 1. The fourth-order valence-corrected chi connectivity index (χ4v) is 2.52. The largest absolute Gasteiger partial charge is 0.480 e. The van der Waals surface area contributed by atoms with Gasteiger partial charge in [-0.3, -0.25) is 4.79 Å². The Bertz CT molecular complexity index is 528. The summed E-state index contributed by atoms with van der Waals surface area (Å²) in [7, 11) is 0. The van der Waals surface area contributed by atoms with Crippen molar-refractivity contribution in [2.24, 2.45) is 0 Å². The number of hydrogen-bond acceptors (Lipinski definition) is 3. The number of benzene rings is 1. The number of nitrogens with zero attached hydrogens (tertiary/aromatic N) is 1. The van der Waals surface area contributed by atoms with Crippen molar-refractivity contribution in [3.63, 3.8) is 0 Å². The number of anilines is 1. The maximum Gasteiger partial charge on any atom is 0.323 e. The van der Waals surface area contributed by atoms with Crippen LogP contribution in [0.2, 0.25) is 5.02 Å². The summed E-state index contributed by atoms with van der Waals surface area (Å²) in [5, 5.41) is 13.6. The molecule has 3 nitrogen and oxygen atoms in total. The van der Waals surface area contributed by atoms with Crippen LogP contribution in [-0.4, -0.2) is 17.6 Å². The maximum atomic E-state index is 10.9. The van der Waals surface area contributed by atoms with Crippen LogP contribution in [0.1, 0.15) is 5.56 Å². The first-order chi connectivity index (χ1) is 8.65. The van der Waals surface area contributed by atoms with E-state index in [1.54, 1.807) is 28.4 Å². The average Bonchev–Trinajstić information content (AvgIpc) is 2.80. The molecule has 1 aromatic heterocycles. The number of carbonyl (C=O) groups is 1. The monoisotopic (exact) mass is 281 g/mol. The minimum absolute atomic E-state index is 0.0454. The van der Waals surface area contributed by atoms with Crippen LogP contribution in [0, 0.1) is 0 Å². The summed E-state index contributed by atoms with van der Waals surface area (Å²) in [5.41, 5.74) is 1.91. The second kappa shape index (κ2) is 5.89. The predicted octanol–water partition coefficient (Wildman–Crippen LogP) is 3.49. The molecule has 0 saturated carbocycles. The van der Waals surface area contributed by atoms with E-state index in [0.717, 1.165) is 11.3 Å². The van der Waals surface area contributed by atoms with E-state index in [1.807, 2.05) is 29.0 Å². The van der Waals surface area contributed by atoms with Crippen molar-refractivity contribution in [3.05, 3.63) is 51.7 Å². The van der Waals surface area contributed by atoms with Crippen LogP contribution in [0.15, 0.2) is 41.1 Å². The average molecular weight is 282 g/mol. The van der Waals surface area contributed by atoms with Gasteiger partial charge >= 0.3 is 5.97 Å². The molecular weight excluding hydrogens is 270 g/mol. The molecule has 0 aliphatic carbocycles. The summed E-state index contributed by atoms with van der Waals surface area (Å²) >= 11 is 7.53. The first-order valence-corrected chi connectivity index (χ1v) is 6.70. The van der Waals surface area contributed by atoms with E-state index >= 15 is 0 Å². The van der Waals surface area contributed by atoms with Gasteiger partial charge in [-0.25, -0.2) is 0 Å². The molecule has 1 N–H and O–H groups in total. The molecule has 0 unspecified atom stereocenters. The zero-order valence-corrected chi connectivity index (χ0v) is 11.1. The highest BCUT2D eigenvalue weighted by Gasteiger charge is 2.11. The molecule has 2 rings (SSSR count). The third-order valence-electron chi connectivity index (χ3n) is 2.45. The summed E-state index contributed by atoms with van der Waals surface area (Å²) in [6.45, 7) is 0.520. The zero-order valence-electron chi connectivity index (χ0n) is 9.54. The fraction of sp³-hybridized carbons (Fsp3) is 0.154. The highest BCUT2D eigenvalue weighted by Crippen LogP contribution is 2.21. The predicted molar refractivity (Wildman–Crippen MR) is 74.5 cm³/mol. The Kier molecular flexibility index (Phi) is 4.23. The summed E-state index contributed by atoms with van der Waals surface area (Å²) in [6.07, 6.45) is 0. The minimum atomic E-state index is -0.856. The van der Waals surface area contributed by atoms with Crippen LogP contribution >= 0.6 is 22.9 Å². The molecule has 5 heteroatoms. The molecule has 0 aliphatic rings. The lowest BCUT2D eigenvalue weighted by Crippen LogP contribution is -2.28. The fourth-order valence-electron chi connectivity index (χ4n) is 1.68. The van der Waals surface area contributed by atoms with Crippen molar-refractivity contribution in [2.75, 3.05) is 11.4 Å². The van der Waals surface area contributed by atoms with Gasteiger partial charge in [-0.15, -0.1) is 0 Å². The van der Waals surface area contributed by atoms with Crippen LogP contribution in [0.5, 0.6) is 0 Å². The first kappa shape index (κ1) is 12.9. The first-order valence-electron chi connectivity index (χ1n) is 5.38. The lowest BCUT2D eigenvalue weighted by molar-refractivity contribution is -0.135. The summed E-state index contributed by atoms with van der Waals surface area (Å²) in [4.78, 5) is 12.7. The standard InChI is InChI=1S/C13H12ClNO2S/c14-11-2-1-3-12(6-11)15(8-13(16)17)7-10-4-5-18-9-10/h1-6,9H,7-8H2,(H,16,17). The lowest BCUT2D eigenvalue weighted by Gasteiger charge is -2.22. The number of carboxylic acids is 1. The van der Waals surface area contributed by atoms with Crippen molar-refractivity contribution in [2.45, 2.75) is 6.54 Å². The minimum Gasteiger partial charge on any atom is -0.480 e. The number of halogens is 1. The van der Waals surface area contributed by atoms with Crippen molar-refractivity contribution in [3.8, 4) is 0 Å². The Hall–Kier alpha value is -1.52. The van der Waals surface area contributed by atoms with E-state index in [1.165, 1.54) is 0 Å². The molecule has 0 atom stereocenters. The van der Waals surface area contributed by atoms with Crippen molar-refractivity contribution in [1.82, 2.24) is 0 Å². The van der Waals surface area contributed by atoms with E-state index < -0.39 is 5.97 Å². The molecule has 1 heterocycles. The lowest BCUT2D eigenvalue weighted by atomic mass is 10.2. The molecule has 0 amide bonds. The molecule has 0 bridgehead atoms. The van der Waals surface area contributed by atoms with Crippen LogP contribution in [-0.2, 0) is 11.3 Å². The van der Waals surface area contributed by atoms with Gasteiger partial charge in [0.05, 0.1) is 0 Å². The second-order valence-electron chi connectivity index (χ2n) is 3.86. The van der Waals surface area contributed by atoms with E-state index in [4.69, 9.17) is 16.7 Å². The molecule has 0 saturated heterocycles. The molecule has 94 valence electrons. The molecular formula is C13H12ClNO2S. The van der Waals surface area contributed by atoms with Gasteiger partial charge in [0.2, 0.25) is 0 Å². The Morgan fingerprint density at radius 1 is 1.39 bits per heavy atom. The van der Waals surface area contributed by atoms with Crippen molar-refractivity contribution >= 4 is 34.6 Å². The quantitative estimate of drug-likeness (QED) is 0.912. The molecule has 0 radical (unpaired) electrons. The Morgan fingerprint density at radius 3 is 2.83 bits per heavy atom. The molecule has 0 fully saturated rings. The molecule has 2 aromatic rings. The number of thiophene rings is 1. The SMILES string of the molecule is O=C(O)CN(Cc1ccsc1)c1cccc(Cl)c1. The summed E-state index contributed by atoms with van der Waals surface area (Å²) in [6, 6.07) is 9.22. The number of carboxylic acid groups (broad SMARTS) is 1. The van der Waals surface area contributed by atoms with Gasteiger partial charge in [-0.1, -0.05) is 17.7 Å². The van der Waals surface area contributed by atoms with E-state index in [9.17, 15) is 4.79 Å². The van der Waals surface area contributed by atoms with E-state index in [2.05, 4.69) is 0 Å². The van der Waals surface area contributed by atoms with E-state index in [0.29, 0.717) is 11.6 Å². The highest BCUT2D eigenvalue weighted by atomic mass is 35.5. The topological polar surface area (TPSA) is 40.5 Å². The Labute approximate surface area is 114 Å². The number of hydrogen-bond donors (Lipinski definition) is 1. The van der Waals surface area contributed by atoms with Crippen molar-refractivity contribution in [1.29, 1.82) is 0 Å². The molecule has 0 spiro atoms. The smallest absolute Gasteiger partial charge is 0.323 e. The Balaban J connectivity index is 2.21. The zero-order chi connectivity index (χ0) is 13.0. The van der Waals surface area contributed by atoms with Crippen LogP contribution in [0.25, 0.3) is 0 Å². The van der Waals surface area contributed by atoms with Crippen LogP contribution in [0.4, 0.5) is 5.69 Å². The third-order valence-corrected chi connectivity index (χ3v) is 3.42. The molecule has 18 heavy (non-hydrogen) atoms. The van der Waals surface area contributed by atoms with Gasteiger partial charge in [-0.05, 0) is 40.6 Å². The van der Waals surface area contributed by atoms with Gasteiger partial charge in [0.15, 0.2) is 0 Å². The maximum absolute atomic E-state index is 10.9. The van der Waals surface area contributed by atoms with Crippen LogP contribution in [0.3, 0.4) is 0 Å². The van der Waals surface area contributed by atoms with Gasteiger partial charge in [0.1, 0.15) is 6.54 Å². The van der Waals surface area contributed by atoms with Crippen molar-refractivity contribution < 1.29 is 9.90 Å². The highest BCUT2D eigenvalue weighted by molar-refractivity contribution is 7.07. The van der Waals surface area contributed by atoms with Gasteiger partial charge in [0, 0.05) is 17.3 Å². The third kappa shape index (κ3) is 3.48. The molecule has 1 aromatic carbocycles. The van der Waals surface area contributed by atoms with E-state index in [-0.39, 0.29) is 6.54 Å². The van der Waals surface area contributed by atoms with Gasteiger partial charge in [0.25, 0.3) is 0 Å². The van der Waals surface area contributed by atoms with Crippen LogP contribution < -0.4 is 4.90 Å². The number of rotatable bonds is 5. The summed E-state index contributed by atoms with van der Waals surface area (Å²) < 4.78 is 0. The second-order valence-corrected chi connectivity index (χ2v) is 5.08. The van der Waals surface area contributed by atoms with Gasteiger partial charge < -0.3 is 10.0 Å². The molecule has 0 aliphatic heterocycles. The van der Waals surface area contributed by atoms with Gasteiger partial charge in [-0.2, -0.15) is 11.3 Å².